The van der Waals surface area contributed by atoms with Gasteiger partial charge in [-0.25, -0.2) is 4.98 Å². The molecule has 3 aromatic rings. The van der Waals surface area contributed by atoms with Gasteiger partial charge >= 0.3 is 0 Å². The van der Waals surface area contributed by atoms with Crippen molar-refractivity contribution in [3.63, 3.8) is 0 Å². The zero-order chi connectivity index (χ0) is 25.9. The van der Waals surface area contributed by atoms with Gasteiger partial charge in [0.2, 0.25) is 5.91 Å². The third-order valence-electron chi connectivity index (χ3n) is 4.17. The topological polar surface area (TPSA) is 88.2 Å². The van der Waals surface area contributed by atoms with Crippen molar-refractivity contribution in [2.75, 3.05) is 11.1 Å². The lowest BCUT2D eigenvalue weighted by Crippen LogP contribution is -2.14. The fraction of sp³-hybridized carbons (Fsp3) is 0.304. The molecule has 29 heavy (non-hydrogen) atoms. The van der Waals surface area contributed by atoms with Crippen LogP contribution in [0.5, 0.6) is 0 Å². The van der Waals surface area contributed by atoms with Crippen LogP contribution in [0, 0.1) is 6.92 Å². The number of aliphatic hydroxyl groups is 1. The number of nitrogens with one attached hydrogen (secondary N) is 1. The molecule has 0 unspecified atom stereocenters. The highest BCUT2D eigenvalue weighted by molar-refractivity contribution is 7.13. The molecule has 0 fully saturated rings. The molecule has 0 aliphatic rings. The van der Waals surface area contributed by atoms with E-state index in [2.05, 4.69) is 10.3 Å². The Hall–Kier alpha value is -2.70. The Kier molecular flexibility index (Phi) is 5.03. The van der Waals surface area contributed by atoms with Gasteiger partial charge in [0.25, 0.3) is 0 Å². The average molecular weight is 416 g/mol. The summed E-state index contributed by atoms with van der Waals surface area (Å²) in [5.74, 6) is -0.259. The van der Waals surface area contributed by atoms with Gasteiger partial charge in [-0.3, -0.25) is 4.79 Å². The zero-order valence-electron chi connectivity index (χ0n) is 22.1. The van der Waals surface area contributed by atoms with Crippen LogP contribution in [-0.2, 0) is 17.6 Å². The fourth-order valence-corrected chi connectivity index (χ4v) is 3.23. The molecule has 0 radical (unpaired) electrons. The highest BCUT2D eigenvalue weighted by Crippen LogP contribution is 2.21. The van der Waals surface area contributed by atoms with E-state index in [1.54, 1.807) is 29.6 Å². The van der Waals surface area contributed by atoms with Crippen LogP contribution in [0.3, 0.4) is 0 Å². The number of thiazole rings is 1. The van der Waals surface area contributed by atoms with E-state index in [0.717, 1.165) is 0 Å². The number of nitrogens with zero attached hydrogens (tertiary/aromatic N) is 1. The van der Waals surface area contributed by atoms with Crippen molar-refractivity contribution in [1.82, 2.24) is 4.98 Å². The van der Waals surface area contributed by atoms with Crippen molar-refractivity contribution in [2.45, 2.75) is 45.1 Å². The number of nitrogens with two attached hydrogens (primary N) is 1. The summed E-state index contributed by atoms with van der Waals surface area (Å²) in [5.41, 5.74) is 7.25. The molecule has 1 amide bonds. The number of aryl methyl sites for hydroxylation is 1. The van der Waals surface area contributed by atoms with Crippen LogP contribution in [0.15, 0.2) is 53.8 Å². The zero-order valence-corrected chi connectivity index (χ0v) is 16.9. The number of aliphatic hydroxyl groups excluding tert-OH is 1. The largest absolute Gasteiger partial charge is 0.388 e. The molecule has 0 aliphatic carbocycles. The number of nitrogen functional groups attached to an aromatic ring is 1. The van der Waals surface area contributed by atoms with E-state index in [0.29, 0.717) is 22.1 Å². The number of carbonyl (C=O) groups excluding carboxylic acids is 1. The fourth-order valence-electron chi connectivity index (χ4n) is 2.67. The lowest BCUT2D eigenvalue weighted by molar-refractivity contribution is -0.115. The first-order chi connectivity index (χ1) is 16.4. The number of hydrogen-bond donors (Lipinski definition) is 3. The van der Waals surface area contributed by atoms with Crippen LogP contribution in [0.25, 0.3) is 0 Å². The Labute approximate surface area is 184 Å². The first kappa shape index (κ1) is 14.3. The van der Waals surface area contributed by atoms with Gasteiger partial charge in [0.15, 0.2) is 5.13 Å². The Balaban J connectivity index is 1.58. The minimum absolute atomic E-state index is 0.0633. The Morgan fingerprint density at radius 3 is 2.66 bits per heavy atom. The number of anilines is 2. The highest BCUT2D eigenvalue weighted by atomic mass is 32.1. The second-order valence-corrected chi connectivity index (χ2v) is 7.49. The third-order valence-corrected chi connectivity index (χ3v) is 4.89. The molecule has 0 saturated carbocycles. The van der Waals surface area contributed by atoms with Gasteiger partial charge in [0.1, 0.15) is 0 Å². The van der Waals surface area contributed by atoms with Crippen LogP contribution in [-0.4, -0.2) is 16.0 Å². The van der Waals surface area contributed by atoms with E-state index in [4.69, 9.17) is 14.0 Å². The van der Waals surface area contributed by atoms with Crippen LogP contribution in [0.2, 0.25) is 0 Å². The van der Waals surface area contributed by atoms with Gasteiger partial charge in [-0.15, -0.1) is 11.3 Å². The minimum atomic E-state index is -1.71. The quantitative estimate of drug-likeness (QED) is 0.474. The molecular weight excluding hydrogens is 382 g/mol. The second-order valence-electron chi connectivity index (χ2n) is 6.60. The molecule has 0 bridgehead atoms. The van der Waals surface area contributed by atoms with E-state index < -0.39 is 12.5 Å². The molecule has 4 N–H and O–H groups in total. The SMILES string of the molecule is [2H]c1c([2H])c([C@@H](O)CCCC([2H])([2H])c2ccc(NC(=O)Cc3csc(N)n3)cc2)c([2H])c([2H])c1C. The predicted molar refractivity (Wildman–Crippen MR) is 119 cm³/mol. The van der Waals surface area contributed by atoms with Gasteiger partial charge in [-0.1, -0.05) is 48.3 Å². The summed E-state index contributed by atoms with van der Waals surface area (Å²) in [4.78, 5) is 16.2. The number of carbonyl (C=O) groups is 1. The molecule has 5 nitrogen and oxygen atoms in total. The van der Waals surface area contributed by atoms with E-state index in [-0.39, 0.29) is 66.9 Å². The first-order valence-corrected chi connectivity index (χ1v) is 10.1. The van der Waals surface area contributed by atoms with Crippen molar-refractivity contribution in [2.24, 2.45) is 0 Å². The number of amides is 1. The molecule has 3 rings (SSSR count). The molecule has 0 spiro atoms. The number of rotatable bonds is 9. The smallest absolute Gasteiger partial charge is 0.230 e. The molecule has 1 heterocycles. The van der Waals surface area contributed by atoms with E-state index in [1.807, 2.05) is 0 Å². The monoisotopic (exact) mass is 415 g/mol. The summed E-state index contributed by atoms with van der Waals surface area (Å²) in [7, 11) is 0. The van der Waals surface area contributed by atoms with Crippen LogP contribution >= 0.6 is 11.3 Å². The van der Waals surface area contributed by atoms with Crippen LogP contribution in [0.1, 0.15) is 56.0 Å². The summed E-state index contributed by atoms with van der Waals surface area (Å²) in [6.07, 6.45) is -2.42. The van der Waals surface area contributed by atoms with E-state index in [1.165, 1.54) is 18.3 Å². The summed E-state index contributed by atoms with van der Waals surface area (Å²) in [6, 6.07) is 5.52. The number of hydrogen-bond acceptors (Lipinski definition) is 5. The summed E-state index contributed by atoms with van der Waals surface area (Å²) >= 11 is 1.26. The molecule has 2 aromatic carbocycles. The van der Waals surface area contributed by atoms with Gasteiger partial charge in [0.05, 0.1) is 23.7 Å². The lowest BCUT2D eigenvalue weighted by Gasteiger charge is -2.11. The van der Waals surface area contributed by atoms with Gasteiger partial charge in [-0.2, -0.15) is 0 Å². The molecular formula is C23H27N3O2S. The van der Waals surface area contributed by atoms with E-state index in [9.17, 15) is 9.90 Å². The van der Waals surface area contributed by atoms with Crippen molar-refractivity contribution in [3.05, 3.63) is 76.2 Å². The molecule has 6 heteroatoms. The number of benzene rings is 2. The van der Waals surface area contributed by atoms with Crippen molar-refractivity contribution in [1.29, 1.82) is 0 Å². The third kappa shape index (κ3) is 6.69. The number of aromatic nitrogens is 1. The molecule has 0 saturated heterocycles. The normalized spacial score (nSPS) is 15.4. The lowest BCUT2D eigenvalue weighted by atomic mass is 10.0. The maximum atomic E-state index is 12.2. The second kappa shape index (κ2) is 10.2. The summed E-state index contributed by atoms with van der Waals surface area (Å²) in [6.45, 7) is 1.50. The first-order valence-electron chi connectivity index (χ1n) is 12.3. The maximum absolute atomic E-state index is 12.2. The van der Waals surface area contributed by atoms with Gasteiger partial charge < -0.3 is 16.2 Å². The average Bonchev–Trinajstić information content (AvgIpc) is 3.21. The highest BCUT2D eigenvalue weighted by Gasteiger charge is 2.08. The molecule has 1 atom stereocenters. The Morgan fingerprint density at radius 1 is 1.28 bits per heavy atom. The van der Waals surface area contributed by atoms with Crippen LogP contribution in [0.4, 0.5) is 10.8 Å². The van der Waals surface area contributed by atoms with Gasteiger partial charge in [-0.05, 0) is 49.4 Å². The van der Waals surface area contributed by atoms with E-state index >= 15 is 0 Å². The van der Waals surface area contributed by atoms with Crippen molar-refractivity contribution in [3.8, 4) is 0 Å². The molecule has 0 aliphatic heterocycles. The maximum Gasteiger partial charge on any atom is 0.230 e. The van der Waals surface area contributed by atoms with Crippen LogP contribution < -0.4 is 11.1 Å². The predicted octanol–water partition coefficient (Wildman–Crippen LogP) is 4.66. The summed E-state index contributed by atoms with van der Waals surface area (Å²) < 4.78 is 48.8. The Bertz CT molecular complexity index is 1190. The van der Waals surface area contributed by atoms with Crippen molar-refractivity contribution >= 4 is 28.1 Å². The standard InChI is InChI=1S/C23H27N3O2S/c1-16-6-10-18(11-7-16)21(27)5-3-2-4-17-8-12-19(13-9-17)25-22(28)14-20-15-29-23(24)26-20/h6-13,15,21,27H,2-5,14H2,1H3,(H2,24,26)(H,25,28)/t21-/m0/s1/i4D2,6D,7D,10D,11D. The Morgan fingerprint density at radius 2 is 2.00 bits per heavy atom. The summed E-state index contributed by atoms with van der Waals surface area (Å²) in [5, 5.41) is 15.4. The molecule has 152 valence electrons. The minimum Gasteiger partial charge on any atom is -0.388 e. The van der Waals surface area contributed by atoms with Crippen molar-refractivity contribution < 1.29 is 18.1 Å². The molecule has 1 aromatic heterocycles. The van der Waals surface area contributed by atoms with Gasteiger partial charge in [0, 0.05) is 13.8 Å².